The molecule has 2 aliphatic rings. The van der Waals surface area contributed by atoms with Crippen LogP contribution < -0.4 is 0 Å². The molecule has 3 rings (SSSR count). The molecule has 0 bridgehead atoms. The van der Waals surface area contributed by atoms with Crippen LogP contribution in [-0.4, -0.2) is 87.0 Å². The first kappa shape index (κ1) is 21.5. The SMILES string of the molecule is Cc1ccc(SCCCN2CCOCC2)c(SCCCN2CCOCC2)c1. The van der Waals surface area contributed by atoms with Crippen LogP contribution >= 0.6 is 23.5 Å². The van der Waals surface area contributed by atoms with Crippen molar-refractivity contribution < 1.29 is 9.47 Å². The zero-order valence-electron chi connectivity index (χ0n) is 16.7. The number of nitrogens with zero attached hydrogens (tertiary/aromatic N) is 2. The van der Waals surface area contributed by atoms with E-state index in [1.807, 2.05) is 23.5 Å². The van der Waals surface area contributed by atoms with Gasteiger partial charge in [-0.05, 0) is 62.1 Å². The average molecular weight is 411 g/mol. The Labute approximate surface area is 173 Å². The van der Waals surface area contributed by atoms with E-state index in [1.54, 1.807) is 0 Å². The second kappa shape index (κ2) is 12.3. The summed E-state index contributed by atoms with van der Waals surface area (Å²) in [5.41, 5.74) is 1.36. The van der Waals surface area contributed by atoms with Gasteiger partial charge in [-0.2, -0.15) is 0 Å². The molecular formula is C21H34N2O2S2. The van der Waals surface area contributed by atoms with Gasteiger partial charge in [-0.3, -0.25) is 9.80 Å². The molecule has 2 heterocycles. The summed E-state index contributed by atoms with van der Waals surface area (Å²) >= 11 is 4.05. The molecule has 152 valence electrons. The highest BCUT2D eigenvalue weighted by atomic mass is 32.2. The summed E-state index contributed by atoms with van der Waals surface area (Å²) in [6.45, 7) is 12.6. The molecule has 1 aromatic rings. The van der Waals surface area contributed by atoms with Crippen molar-refractivity contribution in [2.45, 2.75) is 29.6 Å². The highest BCUT2D eigenvalue weighted by Crippen LogP contribution is 2.32. The number of rotatable bonds is 10. The third-order valence-corrected chi connectivity index (χ3v) is 7.49. The summed E-state index contributed by atoms with van der Waals surface area (Å²) in [7, 11) is 0. The molecule has 0 aliphatic carbocycles. The minimum Gasteiger partial charge on any atom is -0.379 e. The first-order valence-corrected chi connectivity index (χ1v) is 12.2. The minimum atomic E-state index is 0.899. The van der Waals surface area contributed by atoms with Crippen molar-refractivity contribution in [3.63, 3.8) is 0 Å². The van der Waals surface area contributed by atoms with Gasteiger partial charge in [0.15, 0.2) is 0 Å². The largest absolute Gasteiger partial charge is 0.379 e. The van der Waals surface area contributed by atoms with Crippen molar-refractivity contribution in [2.24, 2.45) is 0 Å². The predicted molar refractivity (Wildman–Crippen MR) is 116 cm³/mol. The maximum Gasteiger partial charge on any atom is 0.0594 e. The van der Waals surface area contributed by atoms with Gasteiger partial charge in [0, 0.05) is 36.0 Å². The standard InChI is InChI=1S/C21H34N2O2S2/c1-19-4-5-20(26-16-2-6-22-8-12-24-13-9-22)21(18-19)27-17-3-7-23-10-14-25-15-11-23/h4-5,18H,2-3,6-17H2,1H3. The molecule has 0 N–H and O–H groups in total. The second-order valence-electron chi connectivity index (χ2n) is 7.26. The third kappa shape index (κ3) is 7.95. The zero-order valence-corrected chi connectivity index (χ0v) is 18.3. The molecule has 2 fully saturated rings. The van der Waals surface area contributed by atoms with Gasteiger partial charge < -0.3 is 9.47 Å². The normalized spacial score (nSPS) is 19.4. The van der Waals surface area contributed by atoms with Crippen LogP contribution in [0.25, 0.3) is 0 Å². The fourth-order valence-corrected chi connectivity index (χ4v) is 5.62. The van der Waals surface area contributed by atoms with Gasteiger partial charge in [0.25, 0.3) is 0 Å². The molecule has 0 saturated carbocycles. The van der Waals surface area contributed by atoms with E-state index in [0.29, 0.717) is 0 Å². The maximum absolute atomic E-state index is 5.43. The fourth-order valence-electron chi connectivity index (χ4n) is 3.44. The van der Waals surface area contributed by atoms with Crippen LogP contribution in [-0.2, 0) is 9.47 Å². The monoisotopic (exact) mass is 410 g/mol. The zero-order chi connectivity index (χ0) is 18.7. The molecule has 0 spiro atoms. The van der Waals surface area contributed by atoms with Gasteiger partial charge in [-0.1, -0.05) is 6.07 Å². The van der Waals surface area contributed by atoms with Gasteiger partial charge in [0.1, 0.15) is 0 Å². The molecular weight excluding hydrogens is 376 g/mol. The third-order valence-electron chi connectivity index (χ3n) is 5.06. The van der Waals surface area contributed by atoms with Crippen molar-refractivity contribution in [3.05, 3.63) is 23.8 Å². The van der Waals surface area contributed by atoms with E-state index in [1.165, 1.54) is 52.8 Å². The highest BCUT2D eigenvalue weighted by molar-refractivity contribution is 8.02. The average Bonchev–Trinajstić information content (AvgIpc) is 2.71. The van der Waals surface area contributed by atoms with Gasteiger partial charge in [-0.15, -0.1) is 23.5 Å². The highest BCUT2D eigenvalue weighted by Gasteiger charge is 2.11. The van der Waals surface area contributed by atoms with E-state index in [0.717, 1.165) is 52.6 Å². The predicted octanol–water partition coefficient (Wildman–Crippen LogP) is 3.62. The number of benzene rings is 1. The molecule has 0 radical (unpaired) electrons. The van der Waals surface area contributed by atoms with E-state index in [4.69, 9.17) is 9.47 Å². The molecule has 27 heavy (non-hydrogen) atoms. The molecule has 2 saturated heterocycles. The molecule has 0 amide bonds. The van der Waals surface area contributed by atoms with Crippen molar-refractivity contribution in [1.82, 2.24) is 9.80 Å². The lowest BCUT2D eigenvalue weighted by molar-refractivity contribution is 0.0380. The molecule has 4 nitrogen and oxygen atoms in total. The van der Waals surface area contributed by atoms with Crippen LogP contribution in [0.15, 0.2) is 28.0 Å². The van der Waals surface area contributed by atoms with Crippen LogP contribution in [0.5, 0.6) is 0 Å². The van der Waals surface area contributed by atoms with E-state index < -0.39 is 0 Å². The van der Waals surface area contributed by atoms with Crippen molar-refractivity contribution in [2.75, 3.05) is 77.2 Å². The van der Waals surface area contributed by atoms with Crippen LogP contribution in [0.4, 0.5) is 0 Å². The Kier molecular flexibility index (Phi) is 9.82. The number of ether oxygens (including phenoxy) is 2. The summed E-state index contributed by atoms with van der Waals surface area (Å²) in [5.74, 6) is 2.39. The van der Waals surface area contributed by atoms with Crippen molar-refractivity contribution in [3.8, 4) is 0 Å². The van der Waals surface area contributed by atoms with Crippen LogP contribution in [0, 0.1) is 6.92 Å². The van der Waals surface area contributed by atoms with Gasteiger partial charge >= 0.3 is 0 Å². The second-order valence-corrected chi connectivity index (χ2v) is 9.54. The van der Waals surface area contributed by atoms with E-state index >= 15 is 0 Å². The molecule has 0 aromatic heterocycles. The van der Waals surface area contributed by atoms with Crippen molar-refractivity contribution in [1.29, 1.82) is 0 Å². The first-order valence-electron chi connectivity index (χ1n) is 10.3. The Morgan fingerprint density at radius 3 is 1.85 bits per heavy atom. The maximum atomic E-state index is 5.43. The smallest absolute Gasteiger partial charge is 0.0594 e. The Balaban J connectivity index is 1.37. The molecule has 1 aromatic carbocycles. The number of thioether (sulfide) groups is 2. The van der Waals surface area contributed by atoms with E-state index in [-0.39, 0.29) is 0 Å². The molecule has 2 aliphatic heterocycles. The van der Waals surface area contributed by atoms with E-state index in [2.05, 4.69) is 34.9 Å². The minimum absolute atomic E-state index is 0.899. The van der Waals surface area contributed by atoms with Gasteiger partial charge in [0.05, 0.1) is 26.4 Å². The summed E-state index contributed by atoms with van der Waals surface area (Å²) < 4.78 is 10.9. The fraction of sp³-hybridized carbons (Fsp3) is 0.714. The quantitative estimate of drug-likeness (QED) is 0.432. The number of hydrogen-bond donors (Lipinski definition) is 0. The number of aryl methyl sites for hydroxylation is 1. The molecule has 6 heteroatoms. The van der Waals surface area contributed by atoms with Crippen LogP contribution in [0.1, 0.15) is 18.4 Å². The summed E-state index contributed by atoms with van der Waals surface area (Å²) in [4.78, 5) is 7.98. The first-order chi connectivity index (χ1) is 13.3. The number of morpholine rings is 2. The lowest BCUT2D eigenvalue weighted by Crippen LogP contribution is -2.37. The lowest BCUT2D eigenvalue weighted by atomic mass is 10.2. The Morgan fingerprint density at radius 1 is 0.778 bits per heavy atom. The molecule has 0 unspecified atom stereocenters. The van der Waals surface area contributed by atoms with Gasteiger partial charge in [-0.25, -0.2) is 0 Å². The lowest BCUT2D eigenvalue weighted by Gasteiger charge is -2.26. The van der Waals surface area contributed by atoms with Gasteiger partial charge in [0.2, 0.25) is 0 Å². The Morgan fingerprint density at radius 2 is 1.30 bits per heavy atom. The summed E-state index contributed by atoms with van der Waals surface area (Å²) in [6, 6.07) is 6.94. The van der Waals surface area contributed by atoms with E-state index in [9.17, 15) is 0 Å². The summed E-state index contributed by atoms with van der Waals surface area (Å²) in [6.07, 6.45) is 2.50. The Hall–Kier alpha value is -0.240. The van der Waals surface area contributed by atoms with Crippen LogP contribution in [0.3, 0.4) is 0 Å². The van der Waals surface area contributed by atoms with Crippen molar-refractivity contribution >= 4 is 23.5 Å². The number of hydrogen-bond acceptors (Lipinski definition) is 6. The van der Waals surface area contributed by atoms with Crippen LogP contribution in [0.2, 0.25) is 0 Å². The Bertz CT molecular complexity index is 547. The topological polar surface area (TPSA) is 24.9 Å². The molecule has 0 atom stereocenters. The summed E-state index contributed by atoms with van der Waals surface area (Å²) in [5, 5.41) is 0.